The molecule has 38 heavy (non-hydrogen) atoms. The van der Waals surface area contributed by atoms with Crippen molar-refractivity contribution >= 4 is 19.4 Å². The number of alkyl halides is 3. The van der Waals surface area contributed by atoms with Crippen molar-refractivity contribution in [2.24, 2.45) is 0 Å². The molecule has 3 aliphatic rings. The van der Waals surface area contributed by atoms with Crippen molar-refractivity contribution < 1.29 is 49.0 Å². The van der Waals surface area contributed by atoms with Crippen LogP contribution in [-0.2, 0) is 10.5 Å². The van der Waals surface area contributed by atoms with Crippen molar-refractivity contribution in [2.45, 2.75) is 56.5 Å². The van der Waals surface area contributed by atoms with Crippen molar-refractivity contribution in [1.29, 1.82) is 0 Å². The Hall–Kier alpha value is -2.85. The molecule has 0 radical (unpaired) electrons. The van der Waals surface area contributed by atoms with Crippen LogP contribution in [0.3, 0.4) is 0 Å². The molecule has 0 N–H and O–H groups in total. The molecule has 0 spiro atoms. The highest BCUT2D eigenvalue weighted by molar-refractivity contribution is 7.43. The summed E-state index contributed by atoms with van der Waals surface area (Å²) in [6.45, 7) is 5.98. The van der Waals surface area contributed by atoms with Gasteiger partial charge >= 0.3 is 0 Å². The molecule has 1 aliphatic carbocycles. The average molecular weight is 567 g/mol. The van der Waals surface area contributed by atoms with Gasteiger partial charge in [0.15, 0.2) is 11.6 Å². The van der Waals surface area contributed by atoms with Crippen LogP contribution in [0.1, 0.15) is 33.3 Å². The summed E-state index contributed by atoms with van der Waals surface area (Å²) in [7, 11) is -1.01. The van der Waals surface area contributed by atoms with Crippen LogP contribution < -0.4 is 4.74 Å². The van der Waals surface area contributed by atoms with Crippen molar-refractivity contribution in [2.75, 3.05) is 0 Å². The first-order chi connectivity index (χ1) is 17.6. The lowest BCUT2D eigenvalue weighted by Crippen LogP contribution is -2.70. The summed E-state index contributed by atoms with van der Waals surface area (Å²) < 4.78 is 140. The van der Waals surface area contributed by atoms with Gasteiger partial charge in [0.2, 0.25) is 46.3 Å². The zero-order valence-electron chi connectivity index (χ0n) is 20.2. The van der Waals surface area contributed by atoms with Gasteiger partial charge in [-0.2, -0.15) is 8.78 Å². The quantitative estimate of drug-likeness (QED) is 0.164. The molecule has 204 valence electrons. The van der Waals surface area contributed by atoms with Gasteiger partial charge in [-0.05, 0) is 35.9 Å². The Morgan fingerprint density at radius 3 is 1.74 bits per heavy atom. The fourth-order valence-corrected chi connectivity index (χ4v) is 6.51. The van der Waals surface area contributed by atoms with Gasteiger partial charge in [0, 0.05) is 17.6 Å². The highest BCUT2D eigenvalue weighted by atomic mass is 31.1. The SMILES string of the molecule is CC(C)N(C1=PC2(F)C(F)=C(Oc3c(F)c(F)c(F)c(F)c3F)C1(F)C(=O)C2(F)c1ccccc1)C(C)C. The maximum absolute atomic E-state index is 17.1. The highest BCUT2D eigenvalue weighted by Gasteiger charge is 2.79. The molecular formula is C25H19F9NO2P. The lowest BCUT2D eigenvalue weighted by atomic mass is 9.72. The van der Waals surface area contributed by atoms with Crippen LogP contribution in [0.4, 0.5) is 39.5 Å². The summed E-state index contributed by atoms with van der Waals surface area (Å²) in [6, 6.07) is 4.16. The highest BCUT2D eigenvalue weighted by Crippen LogP contribution is 2.65. The summed E-state index contributed by atoms with van der Waals surface area (Å²) in [5, 5.41) is -4.03. The van der Waals surface area contributed by atoms with E-state index in [4.69, 9.17) is 0 Å². The Morgan fingerprint density at radius 1 is 0.789 bits per heavy atom. The summed E-state index contributed by atoms with van der Waals surface area (Å²) in [4.78, 5) is 14.7. The molecule has 3 atom stereocenters. The number of hydrogen-bond acceptors (Lipinski definition) is 3. The van der Waals surface area contributed by atoms with E-state index < -0.39 is 100 Å². The van der Waals surface area contributed by atoms with Gasteiger partial charge in [-0.3, -0.25) is 9.69 Å². The van der Waals surface area contributed by atoms with Crippen molar-refractivity contribution in [1.82, 2.24) is 4.90 Å². The van der Waals surface area contributed by atoms with Gasteiger partial charge in [-0.15, -0.1) is 0 Å². The van der Waals surface area contributed by atoms with Crippen molar-refractivity contribution in [3.63, 3.8) is 0 Å². The summed E-state index contributed by atoms with van der Waals surface area (Å²) in [5.74, 6) is -21.8. The summed E-state index contributed by atoms with van der Waals surface area (Å²) in [5.41, 5.74) is -9.65. The normalized spacial score (nSPS) is 27.6. The number of halogens is 9. The van der Waals surface area contributed by atoms with Gasteiger partial charge in [0.05, 0.1) is 5.42 Å². The molecule has 2 aromatic rings. The minimum absolute atomic E-state index is 0.704. The second kappa shape index (κ2) is 9.12. The molecule has 2 bridgehead atoms. The van der Waals surface area contributed by atoms with E-state index in [-0.39, 0.29) is 0 Å². The zero-order chi connectivity index (χ0) is 28.5. The molecule has 2 aromatic carbocycles. The van der Waals surface area contributed by atoms with E-state index in [1.54, 1.807) is 0 Å². The van der Waals surface area contributed by atoms with E-state index in [0.29, 0.717) is 0 Å². The number of carbonyl (C=O) groups is 1. The van der Waals surface area contributed by atoms with E-state index in [1.165, 1.54) is 45.9 Å². The molecule has 0 fully saturated rings. The van der Waals surface area contributed by atoms with Crippen LogP contribution in [0.2, 0.25) is 0 Å². The molecule has 0 saturated carbocycles. The van der Waals surface area contributed by atoms with E-state index in [0.717, 1.165) is 17.0 Å². The predicted octanol–water partition coefficient (Wildman–Crippen LogP) is 6.97. The van der Waals surface area contributed by atoms with Gasteiger partial charge in [0.25, 0.3) is 11.1 Å². The molecule has 0 saturated heterocycles. The number of carbonyl (C=O) groups excluding carboxylic acids is 1. The van der Waals surface area contributed by atoms with Crippen LogP contribution in [0, 0.1) is 29.1 Å². The summed E-state index contributed by atoms with van der Waals surface area (Å²) in [6.07, 6.45) is 0. The third kappa shape index (κ3) is 3.49. The molecule has 3 nitrogen and oxygen atoms in total. The third-order valence-electron chi connectivity index (χ3n) is 6.36. The number of fused-ring (bicyclic) bond motifs is 1. The Balaban J connectivity index is 2.07. The number of ether oxygens (including phenoxy) is 1. The first-order valence-electron chi connectivity index (χ1n) is 11.2. The third-order valence-corrected chi connectivity index (χ3v) is 7.92. The number of rotatable bonds is 6. The minimum Gasteiger partial charge on any atom is -0.448 e. The molecule has 3 unspecified atom stereocenters. The average Bonchev–Trinajstić information content (AvgIpc) is 2.87. The first-order valence-corrected chi connectivity index (χ1v) is 12.1. The van der Waals surface area contributed by atoms with Crippen LogP contribution in [0.15, 0.2) is 41.9 Å². The molecular weight excluding hydrogens is 548 g/mol. The number of allylic oxidation sites excluding steroid dienone is 1. The second-order valence-corrected chi connectivity index (χ2v) is 10.6. The monoisotopic (exact) mass is 567 g/mol. The van der Waals surface area contributed by atoms with E-state index >= 15 is 17.6 Å². The van der Waals surface area contributed by atoms with Crippen LogP contribution in [0.25, 0.3) is 0 Å². The smallest absolute Gasteiger partial charge is 0.270 e. The Morgan fingerprint density at radius 2 is 1.26 bits per heavy atom. The fourth-order valence-electron chi connectivity index (χ4n) is 4.70. The first kappa shape index (κ1) is 28.2. The van der Waals surface area contributed by atoms with Gasteiger partial charge < -0.3 is 4.74 Å². The maximum Gasteiger partial charge on any atom is 0.270 e. The number of benzene rings is 2. The number of Topliss-reactive ketones (excluding diaryl/α,β-unsaturated/α-hetero) is 1. The van der Waals surface area contributed by atoms with Crippen molar-refractivity contribution in [3.05, 3.63) is 76.6 Å². The molecule has 2 aliphatic heterocycles. The standard InChI is InChI=1S/C25H19F9NO2P/c1-10(2)35(11(3)4)22-23(32)20(37-18-16(29)14(27)13(26)15(28)17(18)30)19(31)25(34,38-22)24(33,21(23)36)12-8-6-5-7-9-12/h5-11H,1-4H3. The Labute approximate surface area is 212 Å². The van der Waals surface area contributed by atoms with E-state index in [9.17, 15) is 26.7 Å². The molecule has 0 amide bonds. The van der Waals surface area contributed by atoms with Crippen LogP contribution in [-0.4, -0.2) is 39.3 Å². The number of ketones is 1. The maximum atomic E-state index is 17.1. The molecule has 5 rings (SSSR count). The predicted molar refractivity (Wildman–Crippen MR) is 121 cm³/mol. The number of hydrogen-bond donors (Lipinski definition) is 0. The fraction of sp³-hybridized carbons (Fsp3) is 0.360. The number of nitrogens with zero attached hydrogens (tertiary/aromatic N) is 1. The molecule has 0 aromatic heterocycles. The van der Waals surface area contributed by atoms with Crippen molar-refractivity contribution in [3.8, 4) is 5.75 Å². The largest absolute Gasteiger partial charge is 0.448 e. The van der Waals surface area contributed by atoms with Gasteiger partial charge in [-0.25, -0.2) is 30.7 Å². The minimum atomic E-state index is -4.04. The van der Waals surface area contributed by atoms with E-state index in [1.807, 2.05) is 0 Å². The Bertz CT molecular complexity index is 1360. The lowest BCUT2D eigenvalue weighted by Gasteiger charge is -2.51. The Kier molecular flexibility index (Phi) is 6.76. The second-order valence-electron chi connectivity index (χ2n) is 9.31. The van der Waals surface area contributed by atoms with Gasteiger partial charge in [0.1, 0.15) is 0 Å². The topological polar surface area (TPSA) is 29.5 Å². The lowest BCUT2D eigenvalue weighted by molar-refractivity contribution is -0.150. The summed E-state index contributed by atoms with van der Waals surface area (Å²) >= 11 is 0. The molecule has 2 heterocycles. The van der Waals surface area contributed by atoms with Crippen LogP contribution >= 0.6 is 8.20 Å². The van der Waals surface area contributed by atoms with Crippen LogP contribution in [0.5, 0.6) is 5.75 Å². The molecule has 13 heteroatoms. The van der Waals surface area contributed by atoms with Gasteiger partial charge in [-0.1, -0.05) is 30.3 Å². The van der Waals surface area contributed by atoms with E-state index in [2.05, 4.69) is 4.74 Å². The zero-order valence-corrected chi connectivity index (χ0v) is 21.0.